The Kier molecular flexibility index (Phi) is 6.48. The molecule has 0 unspecified atom stereocenters. The third-order valence-corrected chi connectivity index (χ3v) is 6.06. The summed E-state index contributed by atoms with van der Waals surface area (Å²) in [7, 11) is 1.61. The lowest BCUT2D eigenvalue weighted by molar-refractivity contribution is -0.138. The van der Waals surface area contributed by atoms with Crippen molar-refractivity contribution in [2.24, 2.45) is 0 Å². The van der Waals surface area contributed by atoms with Crippen LogP contribution < -0.4 is 10.6 Å². The first-order valence-corrected chi connectivity index (χ1v) is 10.7. The minimum absolute atomic E-state index is 0.0780. The zero-order chi connectivity index (χ0) is 22.7. The van der Waals surface area contributed by atoms with Crippen molar-refractivity contribution in [3.63, 3.8) is 0 Å². The van der Waals surface area contributed by atoms with Crippen molar-refractivity contribution in [2.75, 3.05) is 13.6 Å². The zero-order valence-electron chi connectivity index (χ0n) is 17.8. The van der Waals surface area contributed by atoms with Crippen LogP contribution in [-0.4, -0.2) is 36.5 Å². The highest BCUT2D eigenvalue weighted by molar-refractivity contribution is 5.83. The normalized spacial score (nSPS) is 19.4. The molecule has 0 saturated carbocycles. The van der Waals surface area contributed by atoms with Crippen molar-refractivity contribution in [1.29, 1.82) is 0 Å². The van der Waals surface area contributed by atoms with Gasteiger partial charge in [-0.05, 0) is 40.5 Å². The standard InChI is InChI=1S/C25H26F3N3O/c1-29-24(32)23-13-21(30-14-20-8-4-5-9-22(20)25(26,27)28)16-31(23)15-17-10-11-18-6-2-3-7-19(18)12-17/h2-12,21,23,30H,13-16H2,1H3,(H,29,32)/t21-,23+/m1/s1. The van der Waals surface area contributed by atoms with Crippen LogP contribution in [0.5, 0.6) is 0 Å². The highest BCUT2D eigenvalue weighted by atomic mass is 19.4. The van der Waals surface area contributed by atoms with Crippen LogP contribution in [0, 0.1) is 0 Å². The highest BCUT2D eigenvalue weighted by Crippen LogP contribution is 2.32. The number of carbonyl (C=O) groups excluding carboxylic acids is 1. The summed E-state index contributed by atoms with van der Waals surface area (Å²) < 4.78 is 39.9. The van der Waals surface area contributed by atoms with E-state index < -0.39 is 11.7 Å². The number of nitrogens with zero attached hydrogens (tertiary/aromatic N) is 1. The molecule has 0 aromatic heterocycles. The van der Waals surface area contributed by atoms with Crippen LogP contribution in [0.2, 0.25) is 0 Å². The van der Waals surface area contributed by atoms with Gasteiger partial charge in [0.05, 0.1) is 11.6 Å². The predicted molar refractivity (Wildman–Crippen MR) is 119 cm³/mol. The number of hydrogen-bond acceptors (Lipinski definition) is 3. The minimum Gasteiger partial charge on any atom is -0.358 e. The smallest absolute Gasteiger partial charge is 0.358 e. The lowest BCUT2D eigenvalue weighted by atomic mass is 10.1. The molecule has 1 amide bonds. The molecule has 32 heavy (non-hydrogen) atoms. The molecular formula is C25H26F3N3O. The number of halogens is 3. The Morgan fingerprint density at radius 1 is 1.03 bits per heavy atom. The Bertz CT molecular complexity index is 1100. The van der Waals surface area contributed by atoms with Crippen LogP contribution in [0.3, 0.4) is 0 Å². The number of likely N-dealkylation sites (N-methyl/N-ethyl adjacent to an activating group) is 1. The third-order valence-electron chi connectivity index (χ3n) is 6.06. The molecule has 0 spiro atoms. The summed E-state index contributed by atoms with van der Waals surface area (Å²) in [4.78, 5) is 14.6. The number of alkyl halides is 3. The summed E-state index contributed by atoms with van der Waals surface area (Å²) in [6.07, 6.45) is -3.85. The number of nitrogens with one attached hydrogen (secondary N) is 2. The molecule has 4 nitrogen and oxygen atoms in total. The second-order valence-corrected chi connectivity index (χ2v) is 8.21. The van der Waals surface area contributed by atoms with Crippen molar-refractivity contribution in [2.45, 2.75) is 37.8 Å². The number of carbonyl (C=O) groups is 1. The maximum absolute atomic E-state index is 13.3. The van der Waals surface area contributed by atoms with E-state index in [9.17, 15) is 18.0 Å². The lowest BCUT2D eigenvalue weighted by Gasteiger charge is -2.23. The van der Waals surface area contributed by atoms with Crippen molar-refractivity contribution >= 4 is 16.7 Å². The quantitative estimate of drug-likeness (QED) is 0.598. The molecule has 0 bridgehead atoms. The molecule has 3 aromatic rings. The molecule has 1 heterocycles. The molecule has 0 radical (unpaired) electrons. The van der Waals surface area contributed by atoms with E-state index in [0.717, 1.165) is 22.4 Å². The van der Waals surface area contributed by atoms with E-state index in [0.29, 0.717) is 19.5 Å². The monoisotopic (exact) mass is 441 g/mol. The Morgan fingerprint density at radius 3 is 2.50 bits per heavy atom. The predicted octanol–water partition coefficient (Wildman–Crippen LogP) is 4.34. The van der Waals surface area contributed by atoms with Gasteiger partial charge in [0.25, 0.3) is 0 Å². The molecule has 1 fully saturated rings. The molecule has 1 saturated heterocycles. The van der Waals surface area contributed by atoms with Gasteiger partial charge in [0, 0.05) is 32.7 Å². The van der Waals surface area contributed by atoms with E-state index in [1.807, 2.05) is 12.1 Å². The van der Waals surface area contributed by atoms with Crippen molar-refractivity contribution in [1.82, 2.24) is 15.5 Å². The van der Waals surface area contributed by atoms with Crippen molar-refractivity contribution < 1.29 is 18.0 Å². The average Bonchev–Trinajstić information content (AvgIpc) is 3.19. The largest absolute Gasteiger partial charge is 0.416 e. The Balaban J connectivity index is 1.47. The summed E-state index contributed by atoms with van der Waals surface area (Å²) in [5, 5.41) is 8.26. The van der Waals surface area contributed by atoms with Gasteiger partial charge in [-0.1, -0.05) is 54.6 Å². The van der Waals surface area contributed by atoms with Crippen LogP contribution in [0.15, 0.2) is 66.7 Å². The van der Waals surface area contributed by atoms with E-state index >= 15 is 0 Å². The van der Waals surface area contributed by atoms with E-state index in [-0.39, 0.29) is 30.1 Å². The summed E-state index contributed by atoms with van der Waals surface area (Å²) in [5.41, 5.74) is 0.687. The second-order valence-electron chi connectivity index (χ2n) is 8.21. The average molecular weight is 441 g/mol. The number of likely N-dealkylation sites (tertiary alicyclic amines) is 1. The lowest BCUT2D eigenvalue weighted by Crippen LogP contribution is -2.41. The summed E-state index contributed by atoms with van der Waals surface area (Å²) in [6, 6.07) is 19.5. The number of benzene rings is 3. The third kappa shape index (κ3) is 4.95. The van der Waals surface area contributed by atoms with Crippen LogP contribution in [-0.2, 0) is 24.1 Å². The van der Waals surface area contributed by atoms with Gasteiger partial charge in [0.15, 0.2) is 0 Å². The van der Waals surface area contributed by atoms with Gasteiger partial charge < -0.3 is 10.6 Å². The molecule has 1 aliphatic heterocycles. The summed E-state index contributed by atoms with van der Waals surface area (Å²) in [5.74, 6) is -0.0780. The van der Waals surface area contributed by atoms with Crippen LogP contribution in [0.4, 0.5) is 13.2 Å². The van der Waals surface area contributed by atoms with Gasteiger partial charge >= 0.3 is 6.18 Å². The SMILES string of the molecule is CNC(=O)[C@@H]1C[C@@H](NCc2ccccc2C(F)(F)F)CN1Cc1ccc2ccccc2c1. The minimum atomic E-state index is -4.39. The number of rotatable bonds is 6. The van der Waals surface area contributed by atoms with E-state index in [1.165, 1.54) is 12.1 Å². The van der Waals surface area contributed by atoms with Crippen LogP contribution in [0.25, 0.3) is 10.8 Å². The maximum atomic E-state index is 13.3. The first-order chi connectivity index (χ1) is 15.3. The summed E-state index contributed by atoms with van der Waals surface area (Å²) in [6.45, 7) is 1.28. The zero-order valence-corrected chi connectivity index (χ0v) is 17.8. The molecule has 2 N–H and O–H groups in total. The molecule has 4 rings (SSSR count). The molecule has 1 aliphatic rings. The molecule has 2 atom stereocenters. The van der Waals surface area contributed by atoms with E-state index in [2.05, 4.69) is 45.9 Å². The fourth-order valence-corrected chi connectivity index (χ4v) is 4.44. The summed E-state index contributed by atoms with van der Waals surface area (Å²) >= 11 is 0. The fraction of sp³-hybridized carbons (Fsp3) is 0.320. The maximum Gasteiger partial charge on any atom is 0.416 e. The number of hydrogen-bond donors (Lipinski definition) is 2. The van der Waals surface area contributed by atoms with Gasteiger partial charge in [-0.3, -0.25) is 9.69 Å². The molecule has 0 aliphatic carbocycles. The second kappa shape index (κ2) is 9.30. The highest BCUT2D eigenvalue weighted by Gasteiger charge is 2.37. The molecule has 168 valence electrons. The van der Waals surface area contributed by atoms with Crippen LogP contribution >= 0.6 is 0 Å². The Hall–Kier alpha value is -2.90. The van der Waals surface area contributed by atoms with Gasteiger partial charge in [0.1, 0.15) is 0 Å². The molecular weight excluding hydrogens is 415 g/mol. The Labute approximate surface area is 185 Å². The fourth-order valence-electron chi connectivity index (χ4n) is 4.44. The van der Waals surface area contributed by atoms with Crippen molar-refractivity contribution in [3.05, 3.63) is 83.4 Å². The van der Waals surface area contributed by atoms with Crippen LogP contribution in [0.1, 0.15) is 23.1 Å². The van der Waals surface area contributed by atoms with Gasteiger partial charge in [-0.15, -0.1) is 0 Å². The first kappa shape index (κ1) is 22.3. The van der Waals surface area contributed by atoms with Crippen molar-refractivity contribution in [3.8, 4) is 0 Å². The Morgan fingerprint density at radius 2 is 1.75 bits per heavy atom. The topological polar surface area (TPSA) is 44.4 Å². The van der Waals surface area contributed by atoms with Gasteiger partial charge in [-0.2, -0.15) is 13.2 Å². The molecule has 7 heteroatoms. The molecule has 3 aromatic carbocycles. The van der Waals surface area contributed by atoms with Gasteiger partial charge in [-0.25, -0.2) is 0 Å². The number of fused-ring (bicyclic) bond motifs is 1. The van der Waals surface area contributed by atoms with E-state index in [4.69, 9.17) is 0 Å². The van der Waals surface area contributed by atoms with Gasteiger partial charge in [0.2, 0.25) is 5.91 Å². The first-order valence-electron chi connectivity index (χ1n) is 10.7. The number of amides is 1. The van der Waals surface area contributed by atoms with E-state index in [1.54, 1.807) is 13.1 Å².